The minimum absolute atomic E-state index is 0.0351. The number of hydrogen-bond acceptors (Lipinski definition) is 4. The lowest BCUT2D eigenvalue weighted by molar-refractivity contribution is -0.126. The van der Waals surface area contributed by atoms with Crippen molar-refractivity contribution in [2.75, 3.05) is 26.2 Å². The van der Waals surface area contributed by atoms with Gasteiger partial charge in [0.15, 0.2) is 0 Å². The molecule has 1 amide bonds. The highest BCUT2D eigenvalue weighted by molar-refractivity contribution is 5.83. The van der Waals surface area contributed by atoms with Gasteiger partial charge in [0.05, 0.1) is 23.3 Å². The molecule has 1 fully saturated rings. The van der Waals surface area contributed by atoms with Crippen LogP contribution in [0.15, 0.2) is 24.5 Å². The summed E-state index contributed by atoms with van der Waals surface area (Å²) >= 11 is 0. The molecule has 0 aliphatic carbocycles. The van der Waals surface area contributed by atoms with Gasteiger partial charge in [0.25, 0.3) is 0 Å². The molecule has 6 nitrogen and oxygen atoms in total. The number of rotatable bonds is 5. The summed E-state index contributed by atoms with van der Waals surface area (Å²) < 4.78 is 2.06. The van der Waals surface area contributed by atoms with Gasteiger partial charge in [-0.15, -0.1) is 0 Å². The first-order chi connectivity index (χ1) is 12.3. The molecule has 1 atom stereocenters. The molecule has 1 saturated heterocycles. The van der Waals surface area contributed by atoms with Crippen LogP contribution in [0.2, 0.25) is 0 Å². The fourth-order valence-electron chi connectivity index (χ4n) is 3.74. The molecule has 2 aromatic rings. The highest BCUT2D eigenvalue weighted by Gasteiger charge is 2.32. The molecule has 1 aliphatic heterocycles. The Labute approximate surface area is 156 Å². The molecule has 26 heavy (non-hydrogen) atoms. The Morgan fingerprint density at radius 1 is 1.46 bits per heavy atom. The molecule has 0 radical (unpaired) electrons. The Morgan fingerprint density at radius 2 is 2.23 bits per heavy atom. The summed E-state index contributed by atoms with van der Waals surface area (Å²) in [5.74, 6) is 1.49. The lowest BCUT2D eigenvalue weighted by Gasteiger charge is -2.35. The first kappa shape index (κ1) is 18.9. The number of carbonyl (C=O) groups excluding carboxylic acids is 1. The maximum Gasteiger partial charge on any atom is 0.239 e. The van der Waals surface area contributed by atoms with Crippen molar-refractivity contribution in [3.63, 3.8) is 0 Å². The highest BCUT2D eigenvalue weighted by atomic mass is 16.2. The number of pyridine rings is 1. The maximum absolute atomic E-state index is 12.9. The normalized spacial score (nSPS) is 19.2. The third-order valence-electron chi connectivity index (χ3n) is 4.98. The molecular weight excluding hydrogens is 326 g/mol. The van der Waals surface area contributed by atoms with E-state index in [-0.39, 0.29) is 11.9 Å². The van der Waals surface area contributed by atoms with Gasteiger partial charge in [-0.2, -0.15) is 0 Å². The topological polar surface area (TPSA) is 61.7 Å². The van der Waals surface area contributed by atoms with E-state index in [0.717, 1.165) is 37.5 Å². The Bertz CT molecular complexity index is 780. The van der Waals surface area contributed by atoms with Crippen molar-refractivity contribution in [1.82, 2.24) is 24.9 Å². The molecule has 0 saturated carbocycles. The first-order valence-electron chi connectivity index (χ1n) is 9.49. The van der Waals surface area contributed by atoms with E-state index in [2.05, 4.69) is 51.8 Å². The lowest BCUT2D eigenvalue weighted by atomic mass is 10.0. The van der Waals surface area contributed by atoms with Crippen molar-refractivity contribution in [3.05, 3.63) is 35.9 Å². The van der Waals surface area contributed by atoms with E-state index in [1.807, 2.05) is 32.3 Å². The summed E-state index contributed by atoms with van der Waals surface area (Å²) in [5, 5.41) is 6.56. The van der Waals surface area contributed by atoms with Gasteiger partial charge in [0, 0.05) is 32.4 Å². The van der Waals surface area contributed by atoms with E-state index in [1.165, 1.54) is 5.56 Å². The number of aromatic nitrogens is 2. The van der Waals surface area contributed by atoms with Gasteiger partial charge in [-0.3, -0.25) is 9.69 Å². The summed E-state index contributed by atoms with van der Waals surface area (Å²) in [4.78, 5) is 19.9. The van der Waals surface area contributed by atoms with Crippen LogP contribution in [-0.4, -0.2) is 52.4 Å². The standard InChI is InChI=1S/C20H31N5O/c1-14(2)12-24-10-8-21-16(13-24)18(26)23-20(4,5)19-22-11-17-15(3)7-6-9-25(17)19/h6-7,9,11,14,16,21H,8,10,12-13H2,1-5H3,(H,23,26)/t16-/m0/s1. The average molecular weight is 358 g/mol. The minimum atomic E-state index is -0.556. The van der Waals surface area contributed by atoms with E-state index >= 15 is 0 Å². The molecule has 1 aliphatic rings. The number of amides is 1. The largest absolute Gasteiger partial charge is 0.343 e. The van der Waals surface area contributed by atoms with Crippen LogP contribution in [0.3, 0.4) is 0 Å². The third kappa shape index (κ3) is 3.91. The van der Waals surface area contributed by atoms with Crippen LogP contribution < -0.4 is 10.6 Å². The van der Waals surface area contributed by atoms with E-state index < -0.39 is 5.54 Å². The van der Waals surface area contributed by atoms with Crippen molar-refractivity contribution in [1.29, 1.82) is 0 Å². The number of aryl methyl sites for hydroxylation is 1. The van der Waals surface area contributed by atoms with Crippen LogP contribution in [-0.2, 0) is 10.3 Å². The second-order valence-electron chi connectivity index (χ2n) is 8.30. The van der Waals surface area contributed by atoms with Gasteiger partial charge >= 0.3 is 0 Å². The van der Waals surface area contributed by atoms with Gasteiger partial charge < -0.3 is 15.0 Å². The third-order valence-corrected chi connectivity index (χ3v) is 4.98. The average Bonchev–Trinajstić information content (AvgIpc) is 3.00. The van der Waals surface area contributed by atoms with E-state index in [1.54, 1.807) is 0 Å². The fraction of sp³-hybridized carbons (Fsp3) is 0.600. The first-order valence-corrected chi connectivity index (χ1v) is 9.49. The number of nitrogens with zero attached hydrogens (tertiary/aromatic N) is 3. The molecule has 3 rings (SSSR count). The van der Waals surface area contributed by atoms with Crippen LogP contribution in [0, 0.1) is 12.8 Å². The molecule has 0 spiro atoms. The number of carbonyl (C=O) groups is 1. The summed E-state index contributed by atoms with van der Waals surface area (Å²) in [6.45, 7) is 14.1. The summed E-state index contributed by atoms with van der Waals surface area (Å²) in [5.41, 5.74) is 1.69. The molecule has 0 aromatic carbocycles. The predicted molar refractivity (Wildman–Crippen MR) is 104 cm³/mol. The quantitative estimate of drug-likeness (QED) is 0.858. The minimum Gasteiger partial charge on any atom is -0.343 e. The molecule has 6 heteroatoms. The van der Waals surface area contributed by atoms with Crippen LogP contribution in [0.4, 0.5) is 0 Å². The second-order valence-corrected chi connectivity index (χ2v) is 8.30. The van der Waals surface area contributed by atoms with Crippen molar-refractivity contribution >= 4 is 11.4 Å². The Balaban J connectivity index is 1.74. The molecule has 0 unspecified atom stereocenters. The Kier molecular flexibility index (Phi) is 5.34. The fourth-order valence-corrected chi connectivity index (χ4v) is 3.74. The number of nitrogens with one attached hydrogen (secondary N) is 2. The van der Waals surface area contributed by atoms with Crippen LogP contribution in [0.25, 0.3) is 5.52 Å². The summed E-state index contributed by atoms with van der Waals surface area (Å²) in [6.07, 6.45) is 3.88. The second kappa shape index (κ2) is 7.37. The molecule has 2 aromatic heterocycles. The van der Waals surface area contributed by atoms with Crippen LogP contribution in [0.1, 0.15) is 39.1 Å². The van der Waals surface area contributed by atoms with E-state index in [4.69, 9.17) is 0 Å². The molecule has 3 heterocycles. The van der Waals surface area contributed by atoms with E-state index in [9.17, 15) is 4.79 Å². The molecule has 0 bridgehead atoms. The monoisotopic (exact) mass is 357 g/mol. The number of fused-ring (bicyclic) bond motifs is 1. The van der Waals surface area contributed by atoms with Crippen LogP contribution in [0.5, 0.6) is 0 Å². The van der Waals surface area contributed by atoms with Gasteiger partial charge in [-0.25, -0.2) is 4.98 Å². The zero-order valence-electron chi connectivity index (χ0n) is 16.5. The highest BCUT2D eigenvalue weighted by Crippen LogP contribution is 2.22. The van der Waals surface area contributed by atoms with Crippen molar-refractivity contribution in [2.45, 2.75) is 46.2 Å². The van der Waals surface area contributed by atoms with Crippen molar-refractivity contribution in [2.24, 2.45) is 5.92 Å². The lowest BCUT2D eigenvalue weighted by Crippen LogP contribution is -2.59. The Hall–Kier alpha value is -1.92. The van der Waals surface area contributed by atoms with Crippen molar-refractivity contribution < 1.29 is 4.79 Å². The smallest absolute Gasteiger partial charge is 0.239 e. The van der Waals surface area contributed by atoms with Gasteiger partial charge in [-0.05, 0) is 38.3 Å². The van der Waals surface area contributed by atoms with Gasteiger partial charge in [0.2, 0.25) is 5.91 Å². The SMILES string of the molecule is Cc1cccn2c(C(C)(C)NC(=O)[C@@H]3CN(CC(C)C)CCN3)ncc12. The van der Waals surface area contributed by atoms with Gasteiger partial charge in [-0.1, -0.05) is 19.9 Å². The number of hydrogen-bond donors (Lipinski definition) is 2. The van der Waals surface area contributed by atoms with Gasteiger partial charge in [0.1, 0.15) is 5.82 Å². The molecule has 2 N–H and O–H groups in total. The summed E-state index contributed by atoms with van der Waals surface area (Å²) in [6, 6.07) is 3.90. The zero-order valence-corrected chi connectivity index (χ0v) is 16.5. The predicted octanol–water partition coefficient (Wildman–Crippen LogP) is 1.92. The summed E-state index contributed by atoms with van der Waals surface area (Å²) in [7, 11) is 0. The zero-order chi connectivity index (χ0) is 18.9. The number of piperazine rings is 1. The molecular formula is C20H31N5O. The number of imidazole rings is 1. The molecule has 142 valence electrons. The maximum atomic E-state index is 12.9. The van der Waals surface area contributed by atoms with Crippen LogP contribution >= 0.6 is 0 Å². The Morgan fingerprint density at radius 3 is 2.96 bits per heavy atom. The van der Waals surface area contributed by atoms with Crippen molar-refractivity contribution in [3.8, 4) is 0 Å². The van der Waals surface area contributed by atoms with E-state index in [0.29, 0.717) is 5.92 Å².